The molecule has 0 bridgehead atoms. The van der Waals surface area contributed by atoms with E-state index in [1.165, 1.54) is 22.3 Å². The molecule has 2 N–H and O–H groups in total. The second-order valence-electron chi connectivity index (χ2n) is 10.0. The summed E-state index contributed by atoms with van der Waals surface area (Å²) in [6, 6.07) is 16.3. The van der Waals surface area contributed by atoms with Crippen molar-refractivity contribution in [2.45, 2.75) is 50.5 Å². The predicted molar refractivity (Wildman–Crippen MR) is 131 cm³/mol. The zero-order chi connectivity index (χ0) is 24.4. The smallest absolute Gasteiger partial charge is 0.407 e. The molecule has 2 atom stereocenters. The zero-order valence-electron chi connectivity index (χ0n) is 19.8. The molecular weight excluding hydrogens is 444 g/mol. The van der Waals surface area contributed by atoms with Gasteiger partial charge in [0.1, 0.15) is 6.61 Å². The molecule has 2 saturated carbocycles. The summed E-state index contributed by atoms with van der Waals surface area (Å²) in [6.45, 7) is 1.16. The van der Waals surface area contributed by atoms with Crippen LogP contribution in [0, 0.1) is 11.8 Å². The van der Waals surface area contributed by atoms with Crippen LogP contribution in [0.5, 0.6) is 0 Å². The molecule has 0 radical (unpaired) electrons. The summed E-state index contributed by atoms with van der Waals surface area (Å²) >= 11 is 0. The fourth-order valence-electron chi connectivity index (χ4n) is 5.54. The van der Waals surface area contributed by atoms with Crippen molar-refractivity contribution in [3.8, 4) is 11.1 Å². The van der Waals surface area contributed by atoms with Gasteiger partial charge in [0.25, 0.3) is 0 Å². The Morgan fingerprint density at radius 1 is 0.943 bits per heavy atom. The van der Waals surface area contributed by atoms with Crippen LogP contribution in [0.2, 0.25) is 0 Å². The van der Waals surface area contributed by atoms with Crippen molar-refractivity contribution in [1.82, 2.24) is 10.2 Å². The van der Waals surface area contributed by atoms with E-state index in [0.29, 0.717) is 25.3 Å². The van der Waals surface area contributed by atoms with Gasteiger partial charge in [-0.05, 0) is 60.3 Å². The maximum absolute atomic E-state index is 13.1. The SMILES string of the molecule is O=C(O)CCN(CC1CC1)C(=O)[C@H]1CC[C@@H](NC(=O)OCC2c3ccccc3-c3ccccc32)C1. The van der Waals surface area contributed by atoms with Crippen LogP contribution in [0.3, 0.4) is 0 Å². The number of nitrogens with one attached hydrogen (secondary N) is 1. The lowest BCUT2D eigenvalue weighted by molar-refractivity contribution is -0.139. The lowest BCUT2D eigenvalue weighted by Crippen LogP contribution is -2.39. The molecule has 0 heterocycles. The molecule has 7 heteroatoms. The number of amides is 2. The first kappa shape index (κ1) is 23.4. The summed E-state index contributed by atoms with van der Waals surface area (Å²) in [5, 5.41) is 12.0. The number of carboxylic acids is 1. The van der Waals surface area contributed by atoms with Gasteiger partial charge in [-0.1, -0.05) is 48.5 Å². The minimum Gasteiger partial charge on any atom is -0.481 e. The second-order valence-corrected chi connectivity index (χ2v) is 10.0. The van der Waals surface area contributed by atoms with Crippen molar-refractivity contribution < 1.29 is 24.2 Å². The number of hydrogen-bond donors (Lipinski definition) is 2. The van der Waals surface area contributed by atoms with Crippen LogP contribution in [0.4, 0.5) is 4.79 Å². The fraction of sp³-hybridized carbons (Fsp3) is 0.464. The minimum absolute atomic E-state index is 0.0104. The van der Waals surface area contributed by atoms with Crippen molar-refractivity contribution in [3.05, 3.63) is 59.7 Å². The quantitative estimate of drug-likeness (QED) is 0.559. The third-order valence-electron chi connectivity index (χ3n) is 7.53. The fourth-order valence-corrected chi connectivity index (χ4v) is 5.54. The van der Waals surface area contributed by atoms with Gasteiger partial charge in [-0.15, -0.1) is 0 Å². The number of alkyl carbamates (subject to hydrolysis) is 1. The van der Waals surface area contributed by atoms with Crippen LogP contribution in [0.25, 0.3) is 11.1 Å². The van der Waals surface area contributed by atoms with Gasteiger partial charge in [0.15, 0.2) is 0 Å². The van der Waals surface area contributed by atoms with E-state index in [9.17, 15) is 14.4 Å². The number of ether oxygens (including phenoxy) is 1. The average molecular weight is 477 g/mol. The number of benzene rings is 2. The number of hydrogen-bond acceptors (Lipinski definition) is 4. The van der Waals surface area contributed by atoms with Gasteiger partial charge in [0.2, 0.25) is 5.91 Å². The summed E-state index contributed by atoms with van der Waals surface area (Å²) in [4.78, 5) is 38.4. The summed E-state index contributed by atoms with van der Waals surface area (Å²) in [5.41, 5.74) is 4.72. The van der Waals surface area contributed by atoms with Gasteiger partial charge >= 0.3 is 12.1 Å². The molecule has 0 unspecified atom stereocenters. The molecule has 0 saturated heterocycles. The van der Waals surface area contributed by atoms with Crippen molar-refractivity contribution in [3.63, 3.8) is 0 Å². The van der Waals surface area contributed by atoms with E-state index in [4.69, 9.17) is 9.84 Å². The molecule has 2 aromatic rings. The Morgan fingerprint density at radius 2 is 1.60 bits per heavy atom. The normalized spacial score (nSPS) is 20.7. The van der Waals surface area contributed by atoms with E-state index in [0.717, 1.165) is 19.3 Å². The first-order valence-corrected chi connectivity index (χ1v) is 12.6. The van der Waals surface area contributed by atoms with E-state index in [-0.39, 0.29) is 43.4 Å². The topological polar surface area (TPSA) is 95.9 Å². The maximum Gasteiger partial charge on any atom is 0.407 e. The van der Waals surface area contributed by atoms with Crippen molar-refractivity contribution in [1.29, 1.82) is 0 Å². The Bertz CT molecular complexity index is 1070. The van der Waals surface area contributed by atoms with Crippen LogP contribution in [-0.4, -0.2) is 53.7 Å². The Hall–Kier alpha value is -3.35. The molecule has 7 nitrogen and oxygen atoms in total. The number of carbonyl (C=O) groups excluding carboxylic acids is 2. The molecule has 3 aliphatic carbocycles. The Morgan fingerprint density at radius 3 is 2.23 bits per heavy atom. The molecule has 0 aromatic heterocycles. The zero-order valence-corrected chi connectivity index (χ0v) is 19.8. The Kier molecular flexibility index (Phi) is 6.75. The van der Waals surface area contributed by atoms with Gasteiger partial charge in [-0.2, -0.15) is 0 Å². The van der Waals surface area contributed by atoms with E-state index in [1.807, 2.05) is 24.3 Å². The summed E-state index contributed by atoms with van der Waals surface area (Å²) in [5.74, 6) is -0.531. The van der Waals surface area contributed by atoms with Gasteiger partial charge in [0, 0.05) is 31.0 Å². The van der Waals surface area contributed by atoms with E-state index in [2.05, 4.69) is 29.6 Å². The molecule has 0 aliphatic heterocycles. The van der Waals surface area contributed by atoms with Crippen LogP contribution in [0.1, 0.15) is 55.6 Å². The summed E-state index contributed by atoms with van der Waals surface area (Å²) in [6.07, 6.45) is 3.70. The molecule has 35 heavy (non-hydrogen) atoms. The standard InChI is InChI=1S/C28H32N2O5/c31-26(32)13-14-30(16-18-9-10-18)27(33)19-11-12-20(15-19)29-28(34)35-17-25-23-7-3-1-5-21(23)22-6-2-4-8-24(22)25/h1-8,18-20,25H,9-17H2,(H,29,34)(H,31,32)/t19-,20+/m0/s1. The van der Waals surface area contributed by atoms with Gasteiger partial charge in [-0.3, -0.25) is 9.59 Å². The first-order valence-electron chi connectivity index (χ1n) is 12.6. The molecule has 184 valence electrons. The van der Waals surface area contributed by atoms with Crippen LogP contribution in [-0.2, 0) is 14.3 Å². The second kappa shape index (κ2) is 10.1. The molecular formula is C28H32N2O5. The number of carboxylic acid groups (broad SMARTS) is 1. The van der Waals surface area contributed by atoms with Gasteiger partial charge in [0.05, 0.1) is 6.42 Å². The maximum atomic E-state index is 13.1. The highest BCUT2D eigenvalue weighted by Gasteiger charge is 2.36. The van der Waals surface area contributed by atoms with E-state index >= 15 is 0 Å². The highest BCUT2D eigenvalue weighted by Crippen LogP contribution is 2.44. The minimum atomic E-state index is -0.889. The number of fused-ring (bicyclic) bond motifs is 3. The van der Waals surface area contributed by atoms with Crippen LogP contribution >= 0.6 is 0 Å². The van der Waals surface area contributed by atoms with Gasteiger partial charge < -0.3 is 20.1 Å². The average Bonchev–Trinajstić information content (AvgIpc) is 3.46. The number of carbonyl (C=O) groups is 3. The first-order chi connectivity index (χ1) is 17.0. The van der Waals surface area contributed by atoms with Crippen molar-refractivity contribution in [2.75, 3.05) is 19.7 Å². The number of nitrogens with zero attached hydrogens (tertiary/aromatic N) is 1. The van der Waals surface area contributed by atoms with E-state index in [1.54, 1.807) is 4.90 Å². The van der Waals surface area contributed by atoms with Gasteiger partial charge in [-0.25, -0.2) is 4.79 Å². The largest absolute Gasteiger partial charge is 0.481 e. The summed E-state index contributed by atoms with van der Waals surface area (Å²) < 4.78 is 5.66. The van der Waals surface area contributed by atoms with Crippen LogP contribution < -0.4 is 5.32 Å². The molecule has 5 rings (SSSR count). The Balaban J connectivity index is 1.14. The predicted octanol–water partition coefficient (Wildman–Crippen LogP) is 4.41. The molecule has 3 aliphatic rings. The summed E-state index contributed by atoms with van der Waals surface area (Å²) in [7, 11) is 0. The van der Waals surface area contributed by atoms with Crippen LogP contribution in [0.15, 0.2) is 48.5 Å². The van der Waals surface area contributed by atoms with Crippen molar-refractivity contribution in [2.24, 2.45) is 11.8 Å². The third kappa shape index (κ3) is 5.34. The molecule has 2 fully saturated rings. The molecule has 2 aromatic carbocycles. The molecule has 0 spiro atoms. The Labute approximate surface area is 205 Å². The van der Waals surface area contributed by atoms with Crippen molar-refractivity contribution >= 4 is 18.0 Å². The number of aliphatic carboxylic acids is 1. The highest BCUT2D eigenvalue weighted by atomic mass is 16.5. The lowest BCUT2D eigenvalue weighted by atomic mass is 9.98. The number of rotatable bonds is 9. The lowest BCUT2D eigenvalue weighted by Gasteiger charge is -2.25. The monoisotopic (exact) mass is 476 g/mol. The molecule has 2 amide bonds. The highest BCUT2D eigenvalue weighted by molar-refractivity contribution is 5.80. The van der Waals surface area contributed by atoms with E-state index < -0.39 is 12.1 Å². The third-order valence-corrected chi connectivity index (χ3v) is 7.53.